The van der Waals surface area contributed by atoms with E-state index in [1.165, 1.54) is 4.90 Å². The van der Waals surface area contributed by atoms with Crippen molar-refractivity contribution < 1.29 is 9.90 Å². The Hall–Kier alpha value is -0.830. The second-order valence-electron chi connectivity index (χ2n) is 3.18. The van der Waals surface area contributed by atoms with E-state index in [4.69, 9.17) is 0 Å². The predicted octanol–water partition coefficient (Wildman–Crippen LogP) is 1.92. The lowest BCUT2D eigenvalue weighted by molar-refractivity contribution is -0.131. The molecule has 3 nitrogen and oxygen atoms in total. The molecule has 0 saturated heterocycles. The second-order valence-corrected chi connectivity index (χ2v) is 3.18. The molecule has 1 amide bonds. The summed E-state index contributed by atoms with van der Waals surface area (Å²) in [7, 11) is 0. The fourth-order valence-corrected chi connectivity index (χ4v) is 1.39. The summed E-state index contributed by atoms with van der Waals surface area (Å²) in [5.41, 5.74) is 1.48. The molecule has 0 aromatic rings. The number of hydrogen-bond acceptors (Lipinski definition) is 2. The van der Waals surface area contributed by atoms with E-state index in [1.54, 1.807) is 13.8 Å². The number of carbonyl (C=O) groups is 1. The number of aliphatic hydroxyl groups excluding tert-OH is 1. The third-order valence-corrected chi connectivity index (χ3v) is 2.32. The minimum Gasteiger partial charge on any atom is -0.369 e. The minimum absolute atomic E-state index is 0.0261. The highest BCUT2D eigenvalue weighted by atomic mass is 16.3. The summed E-state index contributed by atoms with van der Waals surface area (Å²) in [6.07, 6.45) is 0.195. The zero-order valence-electron chi connectivity index (χ0n) is 9.79. The van der Waals surface area contributed by atoms with E-state index in [0.29, 0.717) is 12.1 Å². The molecule has 1 unspecified atom stereocenters. The van der Waals surface area contributed by atoms with Crippen molar-refractivity contribution in [1.29, 1.82) is 0 Å². The van der Waals surface area contributed by atoms with Crippen LogP contribution in [0.5, 0.6) is 0 Å². The van der Waals surface area contributed by atoms with Crippen molar-refractivity contribution in [2.75, 3.05) is 6.54 Å². The molecule has 0 fully saturated rings. The van der Waals surface area contributed by atoms with Crippen LogP contribution < -0.4 is 0 Å². The van der Waals surface area contributed by atoms with Crippen LogP contribution in [0.1, 0.15) is 41.0 Å². The van der Waals surface area contributed by atoms with E-state index in [1.807, 2.05) is 20.8 Å². The Bertz CT molecular complexity index is 233. The van der Waals surface area contributed by atoms with Crippen LogP contribution in [0.15, 0.2) is 11.1 Å². The molecule has 1 N–H and O–H groups in total. The Kier molecular flexibility index (Phi) is 5.46. The highest BCUT2D eigenvalue weighted by Crippen LogP contribution is 2.23. The maximum absolute atomic E-state index is 11.4. The smallest absolute Gasteiger partial charge is 0.251 e. The number of amides is 1. The van der Waals surface area contributed by atoms with E-state index in [2.05, 4.69) is 0 Å². The van der Waals surface area contributed by atoms with Crippen LogP contribution in [0, 0.1) is 0 Å². The molecule has 0 aromatic carbocycles. The lowest BCUT2D eigenvalue weighted by Crippen LogP contribution is -2.35. The van der Waals surface area contributed by atoms with Crippen molar-refractivity contribution >= 4 is 5.91 Å². The highest BCUT2D eigenvalue weighted by molar-refractivity contribution is 5.96. The first-order chi connectivity index (χ1) is 6.59. The van der Waals surface area contributed by atoms with Gasteiger partial charge in [-0.05, 0) is 25.8 Å². The lowest BCUT2D eigenvalue weighted by Gasteiger charge is -2.20. The number of nitrogens with zero attached hydrogens (tertiary/aromatic N) is 1. The van der Waals surface area contributed by atoms with Gasteiger partial charge in [0.15, 0.2) is 6.23 Å². The summed E-state index contributed by atoms with van der Waals surface area (Å²) in [5.74, 6) is -0.0261. The van der Waals surface area contributed by atoms with E-state index < -0.39 is 6.23 Å². The Balaban J connectivity index is 0.000000791. The van der Waals surface area contributed by atoms with Crippen molar-refractivity contribution in [3.05, 3.63) is 11.1 Å². The van der Waals surface area contributed by atoms with Crippen LogP contribution in [0.2, 0.25) is 0 Å². The van der Waals surface area contributed by atoms with Crippen molar-refractivity contribution in [3.63, 3.8) is 0 Å². The quantitative estimate of drug-likeness (QED) is 0.738. The van der Waals surface area contributed by atoms with Crippen LogP contribution in [-0.2, 0) is 4.79 Å². The summed E-state index contributed by atoms with van der Waals surface area (Å²) in [4.78, 5) is 12.9. The van der Waals surface area contributed by atoms with E-state index >= 15 is 0 Å². The first-order valence-corrected chi connectivity index (χ1v) is 5.26. The molecule has 0 aliphatic carbocycles. The van der Waals surface area contributed by atoms with Gasteiger partial charge < -0.3 is 10.0 Å². The van der Waals surface area contributed by atoms with Crippen molar-refractivity contribution in [3.8, 4) is 0 Å². The molecule has 0 aromatic heterocycles. The summed E-state index contributed by atoms with van der Waals surface area (Å²) in [6, 6.07) is 0. The first kappa shape index (κ1) is 13.2. The van der Waals surface area contributed by atoms with Gasteiger partial charge >= 0.3 is 0 Å². The lowest BCUT2D eigenvalue weighted by atomic mass is 10.2. The van der Waals surface area contributed by atoms with Gasteiger partial charge in [-0.3, -0.25) is 4.79 Å². The molecule has 1 rings (SSSR count). The average Bonchev–Trinajstić information content (AvgIpc) is 2.39. The van der Waals surface area contributed by atoms with Crippen LogP contribution in [0.25, 0.3) is 0 Å². The molecule has 1 aliphatic rings. The van der Waals surface area contributed by atoms with Gasteiger partial charge in [0.2, 0.25) is 0 Å². The van der Waals surface area contributed by atoms with Crippen LogP contribution in [-0.4, -0.2) is 28.7 Å². The molecule has 0 radical (unpaired) electrons. The molecule has 3 heteroatoms. The summed E-state index contributed by atoms with van der Waals surface area (Å²) in [6.45, 7) is 10.2. The monoisotopic (exact) mass is 199 g/mol. The Labute approximate surface area is 86.4 Å². The SMILES string of the molecule is CC.CCCN1C(=O)C(C)=C(C)C1O. The summed E-state index contributed by atoms with van der Waals surface area (Å²) < 4.78 is 0. The van der Waals surface area contributed by atoms with Gasteiger partial charge in [0.1, 0.15) is 0 Å². The second kappa shape index (κ2) is 5.81. The zero-order chi connectivity index (χ0) is 11.3. The molecule has 82 valence electrons. The third-order valence-electron chi connectivity index (χ3n) is 2.32. The Morgan fingerprint density at radius 3 is 2.14 bits per heavy atom. The number of rotatable bonds is 2. The van der Waals surface area contributed by atoms with E-state index in [9.17, 15) is 9.90 Å². The van der Waals surface area contributed by atoms with Gasteiger partial charge in [0.05, 0.1) is 0 Å². The average molecular weight is 199 g/mol. The van der Waals surface area contributed by atoms with Gasteiger partial charge in [-0.1, -0.05) is 20.8 Å². The fraction of sp³-hybridized carbons (Fsp3) is 0.727. The Morgan fingerprint density at radius 1 is 1.36 bits per heavy atom. The molecule has 0 saturated carbocycles. The highest BCUT2D eigenvalue weighted by Gasteiger charge is 2.32. The molecule has 0 spiro atoms. The maximum atomic E-state index is 11.4. The molecule has 0 bridgehead atoms. The molecule has 1 atom stereocenters. The van der Waals surface area contributed by atoms with Crippen molar-refractivity contribution in [1.82, 2.24) is 4.90 Å². The molecular formula is C11H21NO2. The molecule has 1 heterocycles. The molecule has 1 aliphatic heterocycles. The summed E-state index contributed by atoms with van der Waals surface area (Å²) in [5, 5.41) is 9.58. The van der Waals surface area contributed by atoms with Gasteiger partial charge in [-0.15, -0.1) is 0 Å². The van der Waals surface area contributed by atoms with Crippen molar-refractivity contribution in [2.45, 2.75) is 47.3 Å². The topological polar surface area (TPSA) is 40.5 Å². The standard InChI is InChI=1S/C9H15NO2.C2H6/c1-4-5-10-8(11)6(2)7(3)9(10)12;1-2/h8,11H,4-5H2,1-3H3;1-2H3. The number of carbonyl (C=O) groups excluding carboxylic acids is 1. The van der Waals surface area contributed by atoms with E-state index in [-0.39, 0.29) is 5.91 Å². The normalized spacial score (nSPS) is 21.1. The molecular weight excluding hydrogens is 178 g/mol. The van der Waals surface area contributed by atoms with Gasteiger partial charge in [0, 0.05) is 12.1 Å². The fourth-order valence-electron chi connectivity index (χ4n) is 1.39. The largest absolute Gasteiger partial charge is 0.369 e. The molecule has 14 heavy (non-hydrogen) atoms. The Morgan fingerprint density at radius 2 is 1.86 bits per heavy atom. The number of hydrogen-bond donors (Lipinski definition) is 1. The third kappa shape index (κ3) is 2.35. The van der Waals surface area contributed by atoms with Crippen LogP contribution >= 0.6 is 0 Å². The van der Waals surface area contributed by atoms with Crippen LogP contribution in [0.3, 0.4) is 0 Å². The first-order valence-electron chi connectivity index (χ1n) is 5.26. The maximum Gasteiger partial charge on any atom is 0.251 e. The van der Waals surface area contributed by atoms with Crippen LogP contribution in [0.4, 0.5) is 0 Å². The van der Waals surface area contributed by atoms with Crippen molar-refractivity contribution in [2.24, 2.45) is 0 Å². The zero-order valence-corrected chi connectivity index (χ0v) is 9.79. The van der Waals surface area contributed by atoms with E-state index in [0.717, 1.165) is 12.0 Å². The van der Waals surface area contributed by atoms with Gasteiger partial charge in [-0.2, -0.15) is 0 Å². The van der Waals surface area contributed by atoms with Gasteiger partial charge in [-0.25, -0.2) is 0 Å². The number of aliphatic hydroxyl groups is 1. The predicted molar refractivity (Wildman–Crippen MR) is 57.7 cm³/mol. The van der Waals surface area contributed by atoms with Gasteiger partial charge in [0.25, 0.3) is 5.91 Å². The minimum atomic E-state index is -0.683. The summed E-state index contributed by atoms with van der Waals surface area (Å²) >= 11 is 0.